The van der Waals surface area contributed by atoms with E-state index in [4.69, 9.17) is 4.74 Å². The Kier molecular flexibility index (Phi) is 3.03. The van der Waals surface area contributed by atoms with E-state index in [0.29, 0.717) is 18.3 Å². The predicted octanol–water partition coefficient (Wildman–Crippen LogP) is 2.46. The molecule has 1 aliphatic carbocycles. The third-order valence-electron chi connectivity index (χ3n) is 3.10. The fourth-order valence-corrected chi connectivity index (χ4v) is 1.95. The lowest BCUT2D eigenvalue weighted by atomic mass is 10.1. The van der Waals surface area contributed by atoms with Gasteiger partial charge in [-0.05, 0) is 37.5 Å². The number of carbonyl (C=O) groups excluding carboxylic acids is 1. The van der Waals surface area contributed by atoms with Crippen LogP contribution in [0, 0.1) is 0 Å². The molecule has 1 saturated carbocycles. The molecule has 2 aromatic heterocycles. The van der Waals surface area contributed by atoms with Crippen molar-refractivity contribution < 1.29 is 9.53 Å². The van der Waals surface area contributed by atoms with Gasteiger partial charge in [-0.15, -0.1) is 0 Å². The summed E-state index contributed by atoms with van der Waals surface area (Å²) in [6.45, 7) is 2.13. The highest BCUT2D eigenvalue weighted by Gasteiger charge is 2.24. The first-order valence-corrected chi connectivity index (χ1v) is 6.45. The molecule has 3 rings (SSSR count). The number of hydrogen-bond acceptors (Lipinski definition) is 4. The Balaban J connectivity index is 1.86. The fourth-order valence-electron chi connectivity index (χ4n) is 1.95. The Morgan fingerprint density at radius 2 is 2.32 bits per heavy atom. The van der Waals surface area contributed by atoms with Crippen molar-refractivity contribution in [3.63, 3.8) is 0 Å². The van der Waals surface area contributed by atoms with Gasteiger partial charge in [0.1, 0.15) is 5.69 Å². The van der Waals surface area contributed by atoms with Crippen LogP contribution in [0.4, 0.5) is 0 Å². The minimum atomic E-state index is -0.390. The molecule has 5 heteroatoms. The zero-order valence-corrected chi connectivity index (χ0v) is 10.7. The lowest BCUT2D eigenvalue weighted by molar-refractivity contribution is 0.0519. The second-order valence-electron chi connectivity index (χ2n) is 4.59. The van der Waals surface area contributed by atoms with Gasteiger partial charge in [-0.25, -0.2) is 9.78 Å². The van der Waals surface area contributed by atoms with E-state index in [-0.39, 0.29) is 5.97 Å². The van der Waals surface area contributed by atoms with Crippen molar-refractivity contribution in [2.45, 2.75) is 25.8 Å². The Labute approximate surface area is 111 Å². The van der Waals surface area contributed by atoms with Gasteiger partial charge < -0.3 is 4.74 Å². The summed E-state index contributed by atoms with van der Waals surface area (Å²) in [6.07, 6.45) is 7.86. The standard InChI is InChI=1S/C14H15N3O2/c1-2-19-14(18)13-7-10(5-6-15-13)11-8-16-17(9-11)12-3-4-12/h5-9,12H,2-4H2,1H3. The van der Waals surface area contributed by atoms with Crippen molar-refractivity contribution in [2.75, 3.05) is 6.61 Å². The van der Waals surface area contributed by atoms with Gasteiger partial charge in [0, 0.05) is 18.0 Å². The minimum Gasteiger partial charge on any atom is -0.461 e. The first-order chi connectivity index (χ1) is 9.28. The topological polar surface area (TPSA) is 57.0 Å². The number of nitrogens with zero attached hydrogens (tertiary/aromatic N) is 3. The molecule has 0 bridgehead atoms. The molecular formula is C14H15N3O2. The molecule has 0 aromatic carbocycles. The molecule has 0 radical (unpaired) electrons. The summed E-state index contributed by atoms with van der Waals surface area (Å²) >= 11 is 0. The smallest absolute Gasteiger partial charge is 0.356 e. The quantitative estimate of drug-likeness (QED) is 0.789. The maximum Gasteiger partial charge on any atom is 0.356 e. The van der Waals surface area contributed by atoms with Gasteiger partial charge in [0.05, 0.1) is 18.8 Å². The number of aromatic nitrogens is 3. The predicted molar refractivity (Wildman–Crippen MR) is 69.7 cm³/mol. The van der Waals surface area contributed by atoms with Crippen LogP contribution in [0.3, 0.4) is 0 Å². The fraction of sp³-hybridized carbons (Fsp3) is 0.357. The first kappa shape index (κ1) is 11.9. The Morgan fingerprint density at radius 1 is 1.47 bits per heavy atom. The maximum atomic E-state index is 11.6. The van der Waals surface area contributed by atoms with Gasteiger partial charge >= 0.3 is 5.97 Å². The molecule has 0 aliphatic heterocycles. The zero-order chi connectivity index (χ0) is 13.2. The third kappa shape index (κ3) is 2.50. The number of esters is 1. The SMILES string of the molecule is CCOC(=O)c1cc(-c2cnn(C3CC3)c2)ccn1. The van der Waals surface area contributed by atoms with Crippen LogP contribution in [-0.2, 0) is 4.74 Å². The Morgan fingerprint density at radius 3 is 3.05 bits per heavy atom. The van der Waals surface area contributed by atoms with E-state index in [2.05, 4.69) is 10.1 Å². The molecule has 0 atom stereocenters. The molecule has 1 fully saturated rings. The molecule has 0 spiro atoms. The van der Waals surface area contributed by atoms with Crippen LogP contribution in [-0.4, -0.2) is 27.3 Å². The largest absolute Gasteiger partial charge is 0.461 e. The van der Waals surface area contributed by atoms with Crippen LogP contribution >= 0.6 is 0 Å². The molecular weight excluding hydrogens is 242 g/mol. The summed E-state index contributed by atoms with van der Waals surface area (Å²) in [5.41, 5.74) is 2.27. The average molecular weight is 257 g/mol. The van der Waals surface area contributed by atoms with Crippen LogP contribution in [0.25, 0.3) is 11.1 Å². The van der Waals surface area contributed by atoms with E-state index >= 15 is 0 Å². The third-order valence-corrected chi connectivity index (χ3v) is 3.10. The highest BCUT2D eigenvalue weighted by Crippen LogP contribution is 2.35. The lowest BCUT2D eigenvalue weighted by Gasteiger charge is -2.02. The summed E-state index contributed by atoms with van der Waals surface area (Å²) in [7, 11) is 0. The summed E-state index contributed by atoms with van der Waals surface area (Å²) in [6, 6.07) is 4.17. The van der Waals surface area contributed by atoms with Gasteiger partial charge in [0.25, 0.3) is 0 Å². The monoisotopic (exact) mass is 257 g/mol. The van der Waals surface area contributed by atoms with Crippen LogP contribution in [0.1, 0.15) is 36.3 Å². The van der Waals surface area contributed by atoms with Crippen LogP contribution in [0.2, 0.25) is 0 Å². The summed E-state index contributed by atoms with van der Waals surface area (Å²) in [5, 5.41) is 4.35. The number of pyridine rings is 1. The number of rotatable bonds is 4. The summed E-state index contributed by atoms with van der Waals surface area (Å²) in [4.78, 5) is 15.7. The highest BCUT2D eigenvalue weighted by molar-refractivity contribution is 5.88. The van der Waals surface area contributed by atoms with Gasteiger partial charge in [0.2, 0.25) is 0 Å². The van der Waals surface area contributed by atoms with E-state index in [1.807, 2.05) is 23.1 Å². The molecule has 5 nitrogen and oxygen atoms in total. The van der Waals surface area contributed by atoms with Gasteiger partial charge in [-0.1, -0.05) is 0 Å². The molecule has 0 amide bonds. The second kappa shape index (κ2) is 4.84. The Bertz CT molecular complexity index is 602. The van der Waals surface area contributed by atoms with Crippen molar-refractivity contribution in [1.29, 1.82) is 0 Å². The number of carbonyl (C=O) groups is 1. The van der Waals surface area contributed by atoms with Crippen molar-refractivity contribution in [1.82, 2.24) is 14.8 Å². The molecule has 0 saturated heterocycles. The molecule has 0 N–H and O–H groups in total. The van der Waals surface area contributed by atoms with Crippen LogP contribution < -0.4 is 0 Å². The summed E-state index contributed by atoms with van der Waals surface area (Å²) in [5.74, 6) is -0.390. The van der Waals surface area contributed by atoms with Crippen LogP contribution in [0.5, 0.6) is 0 Å². The molecule has 2 heterocycles. The van der Waals surface area contributed by atoms with Crippen molar-refractivity contribution >= 4 is 5.97 Å². The lowest BCUT2D eigenvalue weighted by Crippen LogP contribution is -2.06. The van der Waals surface area contributed by atoms with Crippen molar-refractivity contribution in [2.24, 2.45) is 0 Å². The molecule has 0 unspecified atom stereocenters. The maximum absolute atomic E-state index is 11.6. The van der Waals surface area contributed by atoms with E-state index in [1.54, 1.807) is 19.2 Å². The van der Waals surface area contributed by atoms with E-state index in [9.17, 15) is 4.79 Å². The normalized spacial score (nSPS) is 14.4. The highest BCUT2D eigenvalue weighted by atomic mass is 16.5. The van der Waals surface area contributed by atoms with Crippen molar-refractivity contribution in [3.8, 4) is 11.1 Å². The first-order valence-electron chi connectivity index (χ1n) is 6.45. The molecule has 2 aromatic rings. The summed E-state index contributed by atoms with van der Waals surface area (Å²) < 4.78 is 6.94. The van der Waals surface area contributed by atoms with E-state index < -0.39 is 0 Å². The molecule has 19 heavy (non-hydrogen) atoms. The zero-order valence-electron chi connectivity index (χ0n) is 10.7. The minimum absolute atomic E-state index is 0.332. The van der Waals surface area contributed by atoms with E-state index in [1.165, 1.54) is 12.8 Å². The van der Waals surface area contributed by atoms with Gasteiger partial charge in [-0.3, -0.25) is 4.68 Å². The molecule has 98 valence electrons. The van der Waals surface area contributed by atoms with Crippen molar-refractivity contribution in [3.05, 3.63) is 36.4 Å². The number of hydrogen-bond donors (Lipinski definition) is 0. The van der Waals surface area contributed by atoms with Crippen LogP contribution in [0.15, 0.2) is 30.7 Å². The Hall–Kier alpha value is -2.17. The van der Waals surface area contributed by atoms with Gasteiger partial charge in [-0.2, -0.15) is 5.10 Å². The van der Waals surface area contributed by atoms with Gasteiger partial charge in [0.15, 0.2) is 0 Å². The average Bonchev–Trinajstić information content (AvgIpc) is 3.17. The molecule has 1 aliphatic rings. The van der Waals surface area contributed by atoms with E-state index in [0.717, 1.165) is 11.1 Å². The number of ether oxygens (including phenoxy) is 1. The second-order valence-corrected chi connectivity index (χ2v) is 4.59.